The standard InChI is InChI=1S/C19H21NO/c1-14-10-15(2)19(16(3)11-14)13-21-18-8-4-6-17(12-18)7-5-9-20/h4,6,8,10-12H,9,13,20H2,1-3H3. The minimum absolute atomic E-state index is 0.368. The monoisotopic (exact) mass is 279 g/mol. The van der Waals surface area contributed by atoms with Gasteiger partial charge in [0.05, 0.1) is 6.54 Å². The maximum absolute atomic E-state index is 5.92. The van der Waals surface area contributed by atoms with Crippen LogP contribution in [0.5, 0.6) is 5.75 Å². The van der Waals surface area contributed by atoms with Crippen molar-refractivity contribution in [3.05, 3.63) is 64.2 Å². The second-order valence-electron chi connectivity index (χ2n) is 5.20. The van der Waals surface area contributed by atoms with Gasteiger partial charge < -0.3 is 10.5 Å². The van der Waals surface area contributed by atoms with Crippen LogP contribution in [0.3, 0.4) is 0 Å². The smallest absolute Gasteiger partial charge is 0.121 e. The van der Waals surface area contributed by atoms with Crippen molar-refractivity contribution < 1.29 is 4.74 Å². The molecular weight excluding hydrogens is 258 g/mol. The summed E-state index contributed by atoms with van der Waals surface area (Å²) >= 11 is 0. The summed E-state index contributed by atoms with van der Waals surface area (Å²) in [5, 5.41) is 0. The third-order valence-corrected chi connectivity index (χ3v) is 3.39. The SMILES string of the molecule is Cc1cc(C)c(COc2cccc(C#CCN)c2)c(C)c1. The molecule has 0 bridgehead atoms. The van der Waals surface area contributed by atoms with E-state index in [-0.39, 0.29) is 0 Å². The van der Waals surface area contributed by atoms with Crippen LogP contribution in [0.25, 0.3) is 0 Å². The maximum Gasteiger partial charge on any atom is 0.121 e. The van der Waals surface area contributed by atoms with Crippen LogP contribution in [0.4, 0.5) is 0 Å². The van der Waals surface area contributed by atoms with E-state index in [9.17, 15) is 0 Å². The van der Waals surface area contributed by atoms with Crippen LogP contribution in [0.2, 0.25) is 0 Å². The molecule has 2 heteroatoms. The molecule has 2 N–H and O–H groups in total. The van der Waals surface area contributed by atoms with Crippen LogP contribution in [0.1, 0.15) is 27.8 Å². The summed E-state index contributed by atoms with van der Waals surface area (Å²) in [4.78, 5) is 0. The first-order chi connectivity index (χ1) is 10.1. The lowest BCUT2D eigenvalue weighted by molar-refractivity contribution is 0.304. The number of nitrogens with two attached hydrogens (primary N) is 1. The summed E-state index contributed by atoms with van der Waals surface area (Å²) < 4.78 is 5.92. The Labute approximate surface area is 126 Å². The lowest BCUT2D eigenvalue weighted by Crippen LogP contribution is -2.01. The first-order valence-electron chi connectivity index (χ1n) is 7.08. The molecule has 108 valence electrons. The summed E-state index contributed by atoms with van der Waals surface area (Å²) in [6, 6.07) is 12.2. The highest BCUT2D eigenvalue weighted by Gasteiger charge is 2.05. The minimum atomic E-state index is 0.368. The molecule has 0 saturated carbocycles. The van der Waals surface area contributed by atoms with E-state index in [1.54, 1.807) is 0 Å². The molecule has 0 radical (unpaired) electrons. The van der Waals surface area contributed by atoms with Crippen LogP contribution in [0, 0.1) is 32.6 Å². The van der Waals surface area contributed by atoms with Crippen molar-refractivity contribution in [1.82, 2.24) is 0 Å². The second kappa shape index (κ2) is 6.97. The largest absolute Gasteiger partial charge is 0.489 e. The van der Waals surface area contributed by atoms with Gasteiger partial charge in [0, 0.05) is 5.56 Å². The fourth-order valence-electron chi connectivity index (χ4n) is 2.41. The van der Waals surface area contributed by atoms with Crippen molar-refractivity contribution in [3.63, 3.8) is 0 Å². The van der Waals surface area contributed by atoms with Crippen LogP contribution < -0.4 is 10.5 Å². The molecule has 2 aromatic rings. The maximum atomic E-state index is 5.92. The average Bonchev–Trinajstić information content (AvgIpc) is 2.44. The molecule has 0 aliphatic carbocycles. The summed E-state index contributed by atoms with van der Waals surface area (Å²) in [7, 11) is 0. The quantitative estimate of drug-likeness (QED) is 0.873. The highest BCUT2D eigenvalue weighted by Crippen LogP contribution is 2.20. The van der Waals surface area contributed by atoms with Crippen molar-refractivity contribution in [3.8, 4) is 17.6 Å². The van der Waals surface area contributed by atoms with E-state index < -0.39 is 0 Å². The number of ether oxygens (including phenoxy) is 1. The number of hydrogen-bond donors (Lipinski definition) is 1. The molecule has 0 aromatic heterocycles. The lowest BCUT2D eigenvalue weighted by Gasteiger charge is -2.13. The van der Waals surface area contributed by atoms with Gasteiger partial charge in [0.1, 0.15) is 12.4 Å². The van der Waals surface area contributed by atoms with Gasteiger partial charge in [-0.05, 0) is 55.7 Å². The van der Waals surface area contributed by atoms with E-state index in [1.807, 2.05) is 24.3 Å². The van der Waals surface area contributed by atoms with Crippen molar-refractivity contribution in [2.75, 3.05) is 6.54 Å². The fraction of sp³-hybridized carbons (Fsp3) is 0.263. The minimum Gasteiger partial charge on any atom is -0.489 e. The molecule has 0 saturated heterocycles. The normalized spacial score (nSPS) is 9.90. The summed E-state index contributed by atoms with van der Waals surface area (Å²) in [6.45, 7) is 7.31. The van der Waals surface area contributed by atoms with Crippen molar-refractivity contribution in [2.24, 2.45) is 5.73 Å². The van der Waals surface area contributed by atoms with Gasteiger partial charge in [0.25, 0.3) is 0 Å². The molecular formula is C19H21NO. The van der Waals surface area contributed by atoms with Crippen molar-refractivity contribution in [1.29, 1.82) is 0 Å². The zero-order valence-corrected chi connectivity index (χ0v) is 12.9. The summed E-state index contributed by atoms with van der Waals surface area (Å²) in [6.07, 6.45) is 0. The Morgan fingerprint density at radius 1 is 1.05 bits per heavy atom. The molecule has 21 heavy (non-hydrogen) atoms. The van der Waals surface area contributed by atoms with Crippen molar-refractivity contribution >= 4 is 0 Å². The van der Waals surface area contributed by atoms with Gasteiger partial charge in [-0.3, -0.25) is 0 Å². The molecule has 0 heterocycles. The topological polar surface area (TPSA) is 35.2 Å². The molecule has 2 rings (SSSR count). The van der Waals surface area contributed by atoms with E-state index in [1.165, 1.54) is 22.3 Å². The Morgan fingerprint density at radius 2 is 1.76 bits per heavy atom. The molecule has 0 aliphatic heterocycles. The van der Waals surface area contributed by atoms with Gasteiger partial charge in [0.15, 0.2) is 0 Å². The molecule has 0 spiro atoms. The fourth-order valence-corrected chi connectivity index (χ4v) is 2.41. The third-order valence-electron chi connectivity index (χ3n) is 3.39. The van der Waals surface area contributed by atoms with Crippen LogP contribution >= 0.6 is 0 Å². The molecule has 0 atom stereocenters. The Bertz CT molecular complexity index is 669. The second-order valence-corrected chi connectivity index (χ2v) is 5.20. The third kappa shape index (κ3) is 4.11. The number of benzene rings is 2. The zero-order valence-electron chi connectivity index (χ0n) is 12.9. The lowest BCUT2D eigenvalue weighted by atomic mass is 10.0. The van der Waals surface area contributed by atoms with Gasteiger partial charge in [-0.2, -0.15) is 0 Å². The van der Waals surface area contributed by atoms with Crippen LogP contribution in [0.15, 0.2) is 36.4 Å². The van der Waals surface area contributed by atoms with E-state index >= 15 is 0 Å². The number of rotatable bonds is 3. The van der Waals surface area contributed by atoms with Gasteiger partial charge in [-0.1, -0.05) is 35.6 Å². The zero-order chi connectivity index (χ0) is 15.2. The van der Waals surface area contributed by atoms with Gasteiger partial charge >= 0.3 is 0 Å². The predicted octanol–water partition coefficient (Wildman–Crippen LogP) is 3.50. The molecule has 0 aliphatic rings. The van der Waals surface area contributed by atoms with Crippen LogP contribution in [-0.2, 0) is 6.61 Å². The predicted molar refractivity (Wildman–Crippen MR) is 87.4 cm³/mol. The highest BCUT2D eigenvalue weighted by molar-refractivity contribution is 5.41. The Hall–Kier alpha value is -2.24. The van der Waals surface area contributed by atoms with E-state index in [4.69, 9.17) is 10.5 Å². The average molecular weight is 279 g/mol. The summed E-state index contributed by atoms with van der Waals surface area (Å²) in [5.41, 5.74) is 11.4. The highest BCUT2D eigenvalue weighted by atomic mass is 16.5. The van der Waals surface area contributed by atoms with Gasteiger partial charge in [-0.25, -0.2) is 0 Å². The van der Waals surface area contributed by atoms with Crippen LogP contribution in [-0.4, -0.2) is 6.54 Å². The van der Waals surface area contributed by atoms with Gasteiger partial charge in [0.2, 0.25) is 0 Å². The Morgan fingerprint density at radius 3 is 2.43 bits per heavy atom. The first kappa shape index (κ1) is 15.2. The molecule has 2 nitrogen and oxygen atoms in total. The van der Waals surface area contributed by atoms with E-state index in [0.29, 0.717) is 13.2 Å². The molecule has 2 aromatic carbocycles. The molecule has 0 fully saturated rings. The number of hydrogen-bond acceptors (Lipinski definition) is 2. The molecule has 0 amide bonds. The number of aryl methyl sites for hydroxylation is 3. The summed E-state index contributed by atoms with van der Waals surface area (Å²) in [5.74, 6) is 6.70. The van der Waals surface area contributed by atoms with E-state index in [2.05, 4.69) is 44.7 Å². The Kier molecular flexibility index (Phi) is 5.03. The first-order valence-corrected chi connectivity index (χ1v) is 7.08. The van der Waals surface area contributed by atoms with E-state index in [0.717, 1.165) is 11.3 Å². The molecule has 0 unspecified atom stereocenters. The van der Waals surface area contributed by atoms with Crippen molar-refractivity contribution in [2.45, 2.75) is 27.4 Å². The van der Waals surface area contributed by atoms with Gasteiger partial charge in [-0.15, -0.1) is 0 Å². The Balaban J connectivity index is 2.13.